The van der Waals surface area contributed by atoms with E-state index in [9.17, 15) is 0 Å². The molecule has 0 spiro atoms. The van der Waals surface area contributed by atoms with E-state index in [4.69, 9.17) is 39.8 Å². The maximum atomic E-state index is 6.14. The number of hydrogen-bond acceptors (Lipinski definition) is 2. The lowest BCUT2D eigenvalue weighted by atomic mass is 10.2. The normalized spacial score (nSPS) is 10.4. The number of nitrogens with zero attached hydrogens (tertiary/aromatic N) is 1. The Labute approximate surface area is 121 Å². The zero-order valence-electron chi connectivity index (χ0n) is 9.91. The van der Waals surface area contributed by atoms with E-state index < -0.39 is 0 Å². The molecular formula is C13H11Cl2NOS. The van der Waals surface area contributed by atoms with Crippen molar-refractivity contribution < 1.29 is 4.42 Å². The smallest absolute Gasteiger partial charge is 0.162 e. The third-order valence-electron chi connectivity index (χ3n) is 2.44. The number of rotatable bonds is 2. The van der Waals surface area contributed by atoms with Gasteiger partial charge in [-0.15, -0.1) is 0 Å². The van der Waals surface area contributed by atoms with Crippen molar-refractivity contribution in [3.8, 4) is 11.3 Å². The number of halogens is 2. The van der Waals surface area contributed by atoms with E-state index in [2.05, 4.69) is 0 Å². The molecule has 0 bridgehead atoms. The van der Waals surface area contributed by atoms with Gasteiger partial charge in [0, 0.05) is 19.7 Å². The summed E-state index contributed by atoms with van der Waals surface area (Å²) >= 11 is 17.4. The van der Waals surface area contributed by atoms with E-state index in [1.165, 1.54) is 0 Å². The van der Waals surface area contributed by atoms with Gasteiger partial charge in [0.15, 0.2) is 5.76 Å². The van der Waals surface area contributed by atoms with Crippen LogP contribution in [0.1, 0.15) is 5.76 Å². The van der Waals surface area contributed by atoms with Crippen molar-refractivity contribution in [3.63, 3.8) is 0 Å². The second-order valence-corrected chi connectivity index (χ2v) is 5.14. The molecule has 1 heterocycles. The van der Waals surface area contributed by atoms with Crippen LogP contribution in [0.15, 0.2) is 34.7 Å². The summed E-state index contributed by atoms with van der Waals surface area (Å²) in [5.74, 6) is 1.29. The lowest BCUT2D eigenvalue weighted by Crippen LogP contribution is -2.19. The van der Waals surface area contributed by atoms with Crippen LogP contribution in [-0.4, -0.2) is 24.0 Å². The van der Waals surface area contributed by atoms with Gasteiger partial charge in [-0.3, -0.25) is 0 Å². The van der Waals surface area contributed by atoms with Gasteiger partial charge in [0.1, 0.15) is 10.7 Å². The van der Waals surface area contributed by atoms with Gasteiger partial charge >= 0.3 is 0 Å². The second kappa shape index (κ2) is 5.31. The number of thiocarbonyl (C=S) groups is 1. The highest BCUT2D eigenvalue weighted by Crippen LogP contribution is 2.34. The Morgan fingerprint density at radius 1 is 1.17 bits per heavy atom. The SMILES string of the molecule is CN(C)C(=S)c1ccc(-c2cccc(Cl)c2Cl)o1. The van der Waals surface area contributed by atoms with Gasteiger partial charge in [0.05, 0.1) is 10.0 Å². The van der Waals surface area contributed by atoms with Crippen molar-refractivity contribution in [2.45, 2.75) is 0 Å². The van der Waals surface area contributed by atoms with E-state index in [0.717, 1.165) is 5.56 Å². The lowest BCUT2D eigenvalue weighted by molar-refractivity contribution is 0.545. The molecule has 0 atom stereocenters. The standard InChI is InChI=1S/C13H11Cl2NOS/c1-16(2)13(18)11-7-6-10(17-11)8-4-3-5-9(14)12(8)15/h3-7H,1-2H3. The minimum atomic E-state index is 0.482. The molecule has 2 nitrogen and oxygen atoms in total. The molecule has 94 valence electrons. The maximum absolute atomic E-state index is 6.14. The fraction of sp³-hybridized carbons (Fsp3) is 0.154. The highest BCUT2D eigenvalue weighted by molar-refractivity contribution is 7.80. The molecule has 2 aromatic rings. The van der Waals surface area contributed by atoms with Crippen LogP contribution in [-0.2, 0) is 0 Å². The van der Waals surface area contributed by atoms with Crippen molar-refractivity contribution in [2.75, 3.05) is 14.1 Å². The second-order valence-electron chi connectivity index (χ2n) is 3.96. The molecule has 5 heteroatoms. The first-order valence-electron chi connectivity index (χ1n) is 5.26. The molecule has 0 saturated carbocycles. The molecule has 2 rings (SSSR count). The van der Waals surface area contributed by atoms with Crippen molar-refractivity contribution in [1.29, 1.82) is 0 Å². The Morgan fingerprint density at radius 3 is 2.56 bits per heavy atom. The van der Waals surface area contributed by atoms with Gasteiger partial charge in [0.2, 0.25) is 0 Å². The molecule has 0 N–H and O–H groups in total. The van der Waals surface area contributed by atoms with Crippen LogP contribution in [0.25, 0.3) is 11.3 Å². The zero-order valence-corrected chi connectivity index (χ0v) is 12.2. The molecule has 0 amide bonds. The summed E-state index contributed by atoms with van der Waals surface area (Å²) in [5, 5.41) is 0.984. The first kappa shape index (κ1) is 13.4. The first-order chi connectivity index (χ1) is 8.50. The van der Waals surface area contributed by atoms with Crippen LogP contribution in [0.2, 0.25) is 10.0 Å². The molecule has 18 heavy (non-hydrogen) atoms. The van der Waals surface area contributed by atoms with E-state index >= 15 is 0 Å². The van der Waals surface area contributed by atoms with E-state index in [1.54, 1.807) is 6.07 Å². The van der Waals surface area contributed by atoms with Gasteiger partial charge in [-0.05, 0) is 24.3 Å². The van der Waals surface area contributed by atoms with Gasteiger partial charge in [-0.2, -0.15) is 0 Å². The summed E-state index contributed by atoms with van der Waals surface area (Å²) in [6.45, 7) is 0. The van der Waals surface area contributed by atoms with Gasteiger partial charge in [0.25, 0.3) is 0 Å². The summed E-state index contributed by atoms with van der Waals surface area (Å²) in [5.41, 5.74) is 0.761. The molecule has 0 aliphatic heterocycles. The Morgan fingerprint density at radius 2 is 1.89 bits per heavy atom. The van der Waals surface area contributed by atoms with Crippen LogP contribution in [0, 0.1) is 0 Å². The van der Waals surface area contributed by atoms with Gasteiger partial charge in [-0.25, -0.2) is 0 Å². The predicted octanol–water partition coefficient (Wildman–Crippen LogP) is 4.49. The van der Waals surface area contributed by atoms with Crippen LogP contribution in [0.3, 0.4) is 0 Å². The quantitative estimate of drug-likeness (QED) is 0.760. The summed E-state index contributed by atoms with van der Waals surface area (Å²) in [6, 6.07) is 9.09. The highest BCUT2D eigenvalue weighted by atomic mass is 35.5. The van der Waals surface area contributed by atoms with Crippen molar-refractivity contribution in [2.24, 2.45) is 0 Å². The molecule has 0 radical (unpaired) electrons. The third kappa shape index (κ3) is 2.53. The summed E-state index contributed by atoms with van der Waals surface area (Å²) in [4.78, 5) is 2.46. The first-order valence-corrected chi connectivity index (χ1v) is 6.43. The summed E-state index contributed by atoms with van der Waals surface area (Å²) in [6.07, 6.45) is 0. The third-order valence-corrected chi connectivity index (χ3v) is 3.83. The Kier molecular flexibility index (Phi) is 3.95. The average molecular weight is 300 g/mol. The fourth-order valence-electron chi connectivity index (χ4n) is 1.51. The van der Waals surface area contributed by atoms with E-state index in [1.807, 2.05) is 43.3 Å². The monoisotopic (exact) mass is 299 g/mol. The Balaban J connectivity index is 2.41. The number of benzene rings is 1. The van der Waals surface area contributed by atoms with Crippen LogP contribution in [0.5, 0.6) is 0 Å². The van der Waals surface area contributed by atoms with Crippen LogP contribution < -0.4 is 0 Å². The Hall–Kier alpha value is -1.03. The van der Waals surface area contributed by atoms with Crippen molar-refractivity contribution in [1.82, 2.24) is 4.90 Å². The molecular weight excluding hydrogens is 289 g/mol. The van der Waals surface area contributed by atoms with Gasteiger partial charge in [-0.1, -0.05) is 41.5 Å². The van der Waals surface area contributed by atoms with Crippen LogP contribution >= 0.6 is 35.4 Å². The predicted molar refractivity (Wildman–Crippen MR) is 79.6 cm³/mol. The highest BCUT2D eigenvalue weighted by Gasteiger charge is 2.13. The molecule has 0 saturated heterocycles. The lowest BCUT2D eigenvalue weighted by Gasteiger charge is -2.10. The molecule has 1 aromatic heterocycles. The number of furan rings is 1. The van der Waals surface area contributed by atoms with E-state index in [-0.39, 0.29) is 0 Å². The zero-order chi connectivity index (χ0) is 13.3. The topological polar surface area (TPSA) is 16.4 Å². The molecule has 0 aliphatic carbocycles. The fourth-order valence-corrected chi connectivity index (χ4v) is 2.02. The van der Waals surface area contributed by atoms with Crippen LogP contribution in [0.4, 0.5) is 0 Å². The van der Waals surface area contributed by atoms with E-state index in [0.29, 0.717) is 26.6 Å². The number of hydrogen-bond donors (Lipinski definition) is 0. The minimum absolute atomic E-state index is 0.482. The average Bonchev–Trinajstić information content (AvgIpc) is 2.80. The molecule has 0 aliphatic rings. The summed E-state index contributed by atoms with van der Waals surface area (Å²) in [7, 11) is 3.74. The largest absolute Gasteiger partial charge is 0.454 e. The van der Waals surface area contributed by atoms with Crippen molar-refractivity contribution in [3.05, 3.63) is 46.1 Å². The molecule has 0 fully saturated rings. The maximum Gasteiger partial charge on any atom is 0.162 e. The summed E-state index contributed by atoms with van der Waals surface area (Å²) < 4.78 is 5.70. The Bertz CT molecular complexity index is 592. The minimum Gasteiger partial charge on any atom is -0.454 e. The molecule has 1 aromatic carbocycles. The van der Waals surface area contributed by atoms with Crippen molar-refractivity contribution >= 4 is 40.4 Å². The van der Waals surface area contributed by atoms with Gasteiger partial charge < -0.3 is 9.32 Å². The molecule has 0 unspecified atom stereocenters.